The van der Waals surface area contributed by atoms with Crippen LogP contribution in [0.1, 0.15) is 31.4 Å². The third-order valence-corrected chi connectivity index (χ3v) is 3.46. The monoisotopic (exact) mass is 204 g/mol. The van der Waals surface area contributed by atoms with E-state index in [2.05, 4.69) is 43.0 Å². The van der Waals surface area contributed by atoms with Crippen molar-refractivity contribution < 1.29 is 0 Å². The number of nitrogens with two attached hydrogens (primary N) is 1. The molecule has 82 valence electrons. The van der Waals surface area contributed by atoms with Crippen LogP contribution in [-0.4, -0.2) is 18.0 Å². The maximum absolute atomic E-state index is 6.36. The van der Waals surface area contributed by atoms with E-state index in [1.54, 1.807) is 0 Å². The van der Waals surface area contributed by atoms with Gasteiger partial charge in [0.2, 0.25) is 0 Å². The second-order valence-corrected chi connectivity index (χ2v) is 4.54. The molecule has 1 aliphatic rings. The first-order valence-electron chi connectivity index (χ1n) is 5.78. The summed E-state index contributed by atoms with van der Waals surface area (Å²) in [5, 5.41) is 0. The maximum Gasteiger partial charge on any atom is 0.0920 e. The molecule has 1 atom stereocenters. The summed E-state index contributed by atoms with van der Waals surface area (Å²) in [6.45, 7) is 6.53. The molecule has 0 aromatic heterocycles. The summed E-state index contributed by atoms with van der Waals surface area (Å²) in [4.78, 5) is 2.33. The van der Waals surface area contributed by atoms with E-state index in [-0.39, 0.29) is 5.66 Å². The summed E-state index contributed by atoms with van der Waals surface area (Å²) >= 11 is 0. The second-order valence-electron chi connectivity index (χ2n) is 4.54. The predicted molar refractivity (Wildman–Crippen MR) is 63.5 cm³/mol. The fourth-order valence-corrected chi connectivity index (χ4v) is 2.04. The van der Waals surface area contributed by atoms with Crippen molar-refractivity contribution >= 4 is 0 Å². The van der Waals surface area contributed by atoms with Gasteiger partial charge in [-0.1, -0.05) is 31.2 Å². The molecule has 0 bridgehead atoms. The van der Waals surface area contributed by atoms with Gasteiger partial charge in [-0.05, 0) is 30.9 Å². The number of hydrogen-bond donors (Lipinski definition) is 1. The van der Waals surface area contributed by atoms with Gasteiger partial charge in [0, 0.05) is 13.1 Å². The normalized spacial score (nSPS) is 20.7. The van der Waals surface area contributed by atoms with Gasteiger partial charge in [0.15, 0.2) is 0 Å². The van der Waals surface area contributed by atoms with Gasteiger partial charge in [-0.25, -0.2) is 0 Å². The zero-order chi connectivity index (χ0) is 10.9. The van der Waals surface area contributed by atoms with Gasteiger partial charge >= 0.3 is 0 Å². The molecule has 2 rings (SSSR count). The lowest BCUT2D eigenvalue weighted by molar-refractivity contribution is 0.0439. The summed E-state index contributed by atoms with van der Waals surface area (Å²) in [6.07, 6.45) is 2.37. The molecule has 0 aliphatic carbocycles. The molecule has 1 unspecified atom stereocenters. The minimum atomic E-state index is -0.287. The molecule has 0 saturated carbocycles. The maximum atomic E-state index is 6.36. The number of hydrogen-bond acceptors (Lipinski definition) is 2. The van der Waals surface area contributed by atoms with E-state index in [4.69, 9.17) is 5.73 Å². The number of benzene rings is 1. The Morgan fingerprint density at radius 3 is 2.27 bits per heavy atom. The number of rotatable bonds is 3. The number of aryl methyl sites for hydroxylation is 1. The van der Waals surface area contributed by atoms with Crippen LogP contribution in [0.4, 0.5) is 0 Å². The highest BCUT2D eigenvalue weighted by atomic mass is 15.3. The van der Waals surface area contributed by atoms with Crippen molar-refractivity contribution in [3.05, 3.63) is 35.4 Å². The first-order valence-corrected chi connectivity index (χ1v) is 5.78. The van der Waals surface area contributed by atoms with E-state index in [0.29, 0.717) is 0 Å². The molecule has 1 saturated heterocycles. The molecule has 1 aromatic carbocycles. The van der Waals surface area contributed by atoms with Gasteiger partial charge in [-0.15, -0.1) is 0 Å². The lowest BCUT2D eigenvalue weighted by atomic mass is 9.95. The molecule has 0 spiro atoms. The van der Waals surface area contributed by atoms with E-state index < -0.39 is 0 Å². The standard InChI is InChI=1S/C13H20N2/c1-3-11-5-7-12(8-6-11)13(2,14)15-9-4-10-15/h5-8H,3-4,9-10,14H2,1-2H3. The Labute approximate surface area is 92.1 Å². The Morgan fingerprint density at radius 2 is 1.87 bits per heavy atom. The third kappa shape index (κ3) is 1.92. The molecule has 1 aromatic rings. The van der Waals surface area contributed by atoms with Crippen LogP contribution < -0.4 is 5.73 Å². The minimum absolute atomic E-state index is 0.287. The van der Waals surface area contributed by atoms with Crippen LogP contribution >= 0.6 is 0 Å². The van der Waals surface area contributed by atoms with Gasteiger partial charge in [0.1, 0.15) is 0 Å². The SMILES string of the molecule is CCc1ccc(C(C)(N)N2CCC2)cc1. The van der Waals surface area contributed by atoms with Crippen molar-refractivity contribution in [1.29, 1.82) is 0 Å². The van der Waals surface area contributed by atoms with Crippen molar-refractivity contribution in [2.45, 2.75) is 32.4 Å². The molecule has 2 heteroatoms. The molecule has 1 aliphatic heterocycles. The lowest BCUT2D eigenvalue weighted by Crippen LogP contribution is -2.56. The highest BCUT2D eigenvalue weighted by molar-refractivity contribution is 5.27. The van der Waals surface area contributed by atoms with Crippen LogP contribution in [0.5, 0.6) is 0 Å². The molecule has 2 nitrogen and oxygen atoms in total. The van der Waals surface area contributed by atoms with Gasteiger partial charge in [-0.2, -0.15) is 0 Å². The molecule has 2 N–H and O–H groups in total. The van der Waals surface area contributed by atoms with Crippen LogP contribution in [0.2, 0.25) is 0 Å². The van der Waals surface area contributed by atoms with Crippen LogP contribution in [0, 0.1) is 0 Å². The molecule has 0 amide bonds. The van der Waals surface area contributed by atoms with Crippen molar-refractivity contribution in [1.82, 2.24) is 4.90 Å². The fraction of sp³-hybridized carbons (Fsp3) is 0.538. The highest BCUT2D eigenvalue weighted by Gasteiger charge is 2.32. The Morgan fingerprint density at radius 1 is 1.27 bits per heavy atom. The first kappa shape index (κ1) is 10.7. The minimum Gasteiger partial charge on any atom is -0.310 e. The van der Waals surface area contributed by atoms with Crippen molar-refractivity contribution in [3.8, 4) is 0 Å². The van der Waals surface area contributed by atoms with Gasteiger partial charge < -0.3 is 5.73 Å². The molecular formula is C13H20N2. The van der Waals surface area contributed by atoms with Crippen LogP contribution in [0.15, 0.2) is 24.3 Å². The molecule has 1 heterocycles. The summed E-state index contributed by atoms with van der Waals surface area (Å²) in [7, 11) is 0. The molecule has 0 radical (unpaired) electrons. The average molecular weight is 204 g/mol. The third-order valence-electron chi connectivity index (χ3n) is 3.46. The average Bonchev–Trinajstić information content (AvgIpc) is 2.14. The Balaban J connectivity index is 2.20. The highest BCUT2D eigenvalue weighted by Crippen LogP contribution is 2.27. The zero-order valence-corrected chi connectivity index (χ0v) is 9.66. The molecule has 15 heavy (non-hydrogen) atoms. The zero-order valence-electron chi connectivity index (χ0n) is 9.66. The van der Waals surface area contributed by atoms with Crippen LogP contribution in [-0.2, 0) is 12.1 Å². The van der Waals surface area contributed by atoms with E-state index in [1.807, 2.05) is 0 Å². The van der Waals surface area contributed by atoms with Crippen LogP contribution in [0.25, 0.3) is 0 Å². The lowest BCUT2D eigenvalue weighted by Gasteiger charge is -2.44. The van der Waals surface area contributed by atoms with E-state index in [9.17, 15) is 0 Å². The van der Waals surface area contributed by atoms with Gasteiger partial charge in [0.05, 0.1) is 5.66 Å². The second kappa shape index (κ2) is 3.95. The van der Waals surface area contributed by atoms with E-state index in [1.165, 1.54) is 17.5 Å². The molecule has 1 fully saturated rings. The summed E-state index contributed by atoms with van der Waals surface area (Å²) in [6, 6.07) is 8.69. The smallest absolute Gasteiger partial charge is 0.0920 e. The summed E-state index contributed by atoms with van der Waals surface area (Å²) in [5.74, 6) is 0. The van der Waals surface area contributed by atoms with Crippen molar-refractivity contribution in [2.24, 2.45) is 5.73 Å². The first-order chi connectivity index (χ1) is 7.14. The van der Waals surface area contributed by atoms with Gasteiger partial charge in [0.25, 0.3) is 0 Å². The number of nitrogens with zero attached hydrogens (tertiary/aromatic N) is 1. The predicted octanol–water partition coefficient (Wildman–Crippen LogP) is 2.09. The van der Waals surface area contributed by atoms with Crippen molar-refractivity contribution in [2.75, 3.05) is 13.1 Å². The summed E-state index contributed by atoms with van der Waals surface area (Å²) in [5.41, 5.74) is 8.67. The Hall–Kier alpha value is -0.860. The van der Waals surface area contributed by atoms with Gasteiger partial charge in [-0.3, -0.25) is 4.90 Å². The Bertz CT molecular complexity index is 323. The summed E-state index contributed by atoms with van der Waals surface area (Å²) < 4.78 is 0. The van der Waals surface area contributed by atoms with Crippen molar-refractivity contribution in [3.63, 3.8) is 0 Å². The van der Waals surface area contributed by atoms with E-state index in [0.717, 1.165) is 19.5 Å². The number of likely N-dealkylation sites (tertiary alicyclic amines) is 1. The fourth-order valence-electron chi connectivity index (χ4n) is 2.04. The largest absolute Gasteiger partial charge is 0.310 e. The Kier molecular flexibility index (Phi) is 2.81. The van der Waals surface area contributed by atoms with Crippen LogP contribution in [0.3, 0.4) is 0 Å². The quantitative estimate of drug-likeness (QED) is 0.817. The molecular weight excluding hydrogens is 184 g/mol. The van der Waals surface area contributed by atoms with E-state index >= 15 is 0 Å². The topological polar surface area (TPSA) is 29.3 Å².